The first-order valence-corrected chi connectivity index (χ1v) is 13.4. The van der Waals surface area contributed by atoms with Crippen LogP contribution in [0.15, 0.2) is 72.8 Å². The van der Waals surface area contributed by atoms with E-state index >= 15 is 0 Å². The van der Waals surface area contributed by atoms with E-state index < -0.39 is 23.0 Å². The van der Waals surface area contributed by atoms with Crippen molar-refractivity contribution < 1.29 is 23.9 Å². The molecule has 8 nitrogen and oxygen atoms in total. The predicted molar refractivity (Wildman–Crippen MR) is 154 cm³/mol. The first kappa shape index (κ1) is 28.8. The van der Waals surface area contributed by atoms with Gasteiger partial charge in [0.05, 0.1) is 18.2 Å². The van der Waals surface area contributed by atoms with E-state index in [4.69, 9.17) is 32.2 Å². The number of hydrogen-bond donors (Lipinski definition) is 2. The molecule has 0 unspecified atom stereocenters. The number of Topliss-reactive ketones (excluding diaryl/α,β-unsaturated/α-hetero) is 1. The van der Waals surface area contributed by atoms with Gasteiger partial charge in [-0.15, -0.1) is 0 Å². The summed E-state index contributed by atoms with van der Waals surface area (Å²) < 4.78 is 11.0. The number of esters is 1. The maximum absolute atomic E-state index is 13.3. The molecule has 2 atom stereocenters. The van der Waals surface area contributed by atoms with Gasteiger partial charge in [-0.05, 0) is 67.1 Å². The Bertz CT molecular complexity index is 1410. The third-order valence-corrected chi connectivity index (χ3v) is 7.56. The van der Waals surface area contributed by atoms with Crippen LogP contribution in [0.3, 0.4) is 0 Å². The third kappa shape index (κ3) is 6.18. The van der Waals surface area contributed by atoms with E-state index in [9.17, 15) is 14.4 Å². The lowest BCUT2D eigenvalue weighted by molar-refractivity contribution is -0.157. The van der Waals surface area contributed by atoms with Crippen molar-refractivity contribution in [2.24, 2.45) is 11.1 Å². The molecular weight excluding hydrogens is 530 g/mol. The lowest BCUT2D eigenvalue weighted by Gasteiger charge is -2.25. The fraction of sp³-hybridized carbons (Fsp3) is 0.290. The molecule has 3 aromatic carbocycles. The van der Waals surface area contributed by atoms with E-state index in [1.807, 2.05) is 42.5 Å². The largest absolute Gasteiger partial charge is 0.491 e. The van der Waals surface area contributed by atoms with Gasteiger partial charge < -0.3 is 20.1 Å². The zero-order chi connectivity index (χ0) is 28.9. The van der Waals surface area contributed by atoms with Crippen molar-refractivity contribution in [3.8, 4) is 16.9 Å². The monoisotopic (exact) mass is 561 g/mol. The van der Waals surface area contributed by atoms with Crippen molar-refractivity contribution in [3.05, 3.63) is 88.9 Å². The molecule has 0 aromatic heterocycles. The molecule has 0 saturated carbocycles. The van der Waals surface area contributed by atoms with Crippen LogP contribution in [0.1, 0.15) is 35.7 Å². The van der Waals surface area contributed by atoms with Crippen LogP contribution in [0.2, 0.25) is 5.02 Å². The molecule has 3 aromatic rings. The minimum atomic E-state index is -1.24. The number of amidine groups is 1. The summed E-state index contributed by atoms with van der Waals surface area (Å²) in [5, 5.41) is 7.55. The van der Waals surface area contributed by atoms with Crippen molar-refractivity contribution in [1.82, 2.24) is 4.90 Å². The van der Waals surface area contributed by atoms with Gasteiger partial charge in [0.2, 0.25) is 11.7 Å². The van der Waals surface area contributed by atoms with Crippen molar-refractivity contribution >= 4 is 35.1 Å². The fourth-order valence-electron chi connectivity index (χ4n) is 5.04. The number of hydrogen-bond acceptors (Lipinski definition) is 6. The molecule has 1 heterocycles. The number of likely N-dealkylation sites (tertiary alicyclic amines) is 1. The lowest BCUT2D eigenvalue weighted by atomic mass is 9.87. The first-order valence-electron chi connectivity index (χ1n) is 13.0. The van der Waals surface area contributed by atoms with E-state index in [1.54, 1.807) is 30.0 Å². The zero-order valence-electron chi connectivity index (χ0n) is 22.5. The molecule has 4 rings (SSSR count). The van der Waals surface area contributed by atoms with Gasteiger partial charge in [0.15, 0.2) is 5.84 Å². The van der Waals surface area contributed by atoms with Crippen LogP contribution in [0.4, 0.5) is 0 Å². The topological polar surface area (TPSA) is 123 Å². The molecule has 0 radical (unpaired) electrons. The van der Waals surface area contributed by atoms with Crippen LogP contribution in [-0.2, 0) is 20.7 Å². The Labute approximate surface area is 238 Å². The highest BCUT2D eigenvalue weighted by molar-refractivity contribution is 6.47. The molecule has 1 amide bonds. The van der Waals surface area contributed by atoms with E-state index in [1.165, 1.54) is 12.7 Å². The Morgan fingerprint density at radius 1 is 1.07 bits per heavy atom. The van der Waals surface area contributed by atoms with E-state index in [-0.39, 0.29) is 29.1 Å². The summed E-state index contributed by atoms with van der Waals surface area (Å²) in [7, 11) is 1.30. The maximum Gasteiger partial charge on any atom is 0.321 e. The summed E-state index contributed by atoms with van der Waals surface area (Å²) in [5.74, 6) is -1.35. The number of nitrogens with two attached hydrogens (primary N) is 1. The second-order valence-corrected chi connectivity index (χ2v) is 10.4. The van der Waals surface area contributed by atoms with Crippen molar-refractivity contribution in [2.75, 3.05) is 20.3 Å². The smallest absolute Gasteiger partial charge is 0.321 e. The maximum atomic E-state index is 13.3. The highest BCUT2D eigenvalue weighted by atomic mass is 35.5. The van der Waals surface area contributed by atoms with Crippen LogP contribution in [0.25, 0.3) is 11.1 Å². The SMILES string of the molecule is COC(=O)[C@@]1(C)C[C@@H](COc2ccc(-c3ccc(C(=O)C(=N)N)c(Cl)c3)cc2)N(CCCc2ccccc2)C1=O. The molecule has 3 N–H and O–H groups in total. The van der Waals surface area contributed by atoms with Crippen molar-refractivity contribution in [2.45, 2.75) is 32.2 Å². The predicted octanol–water partition coefficient (Wildman–Crippen LogP) is 4.92. The van der Waals surface area contributed by atoms with Crippen LogP contribution >= 0.6 is 11.6 Å². The van der Waals surface area contributed by atoms with Crippen LogP contribution in [0, 0.1) is 10.8 Å². The standard InChI is InChI=1S/C31H32ClN3O5/c1-31(30(38)39-2)18-23(35(29(31)37)16-6-9-20-7-4-3-5-8-20)19-40-24-13-10-21(11-14-24)22-12-15-25(26(32)17-22)27(36)28(33)34/h3-5,7-8,10-15,17,23H,6,9,16,18-19H2,1-2H3,(H3,33,34)/t23-,31-/m0/s1. The summed E-state index contributed by atoms with van der Waals surface area (Å²) in [6.45, 7) is 2.38. The molecule has 1 fully saturated rings. The van der Waals surface area contributed by atoms with Gasteiger partial charge in [-0.1, -0.05) is 60.1 Å². The molecule has 1 aliphatic rings. The number of aryl methyl sites for hydroxylation is 1. The van der Waals surface area contributed by atoms with Crippen LogP contribution < -0.4 is 10.5 Å². The molecule has 0 aliphatic carbocycles. The fourth-order valence-corrected chi connectivity index (χ4v) is 5.30. The Morgan fingerprint density at radius 3 is 2.38 bits per heavy atom. The van der Waals surface area contributed by atoms with E-state index in [0.717, 1.165) is 24.0 Å². The second kappa shape index (κ2) is 12.3. The molecule has 40 heavy (non-hydrogen) atoms. The Balaban J connectivity index is 1.43. The zero-order valence-corrected chi connectivity index (χ0v) is 23.2. The second-order valence-electron chi connectivity index (χ2n) is 10.0. The van der Waals surface area contributed by atoms with Gasteiger partial charge in [-0.2, -0.15) is 0 Å². The van der Waals surface area contributed by atoms with Gasteiger partial charge in [-0.3, -0.25) is 19.8 Å². The lowest BCUT2D eigenvalue weighted by Crippen LogP contribution is -2.41. The quantitative estimate of drug-likeness (QED) is 0.113. The van der Waals surface area contributed by atoms with Gasteiger partial charge in [-0.25, -0.2) is 0 Å². The summed E-state index contributed by atoms with van der Waals surface area (Å²) >= 11 is 6.26. The average Bonchev–Trinajstić information content (AvgIpc) is 3.21. The van der Waals surface area contributed by atoms with E-state index in [2.05, 4.69) is 12.1 Å². The molecule has 9 heteroatoms. The number of halogens is 1. The number of ketones is 1. The summed E-state index contributed by atoms with van der Waals surface area (Å²) in [6.07, 6.45) is 1.89. The Morgan fingerprint density at radius 2 is 1.75 bits per heavy atom. The summed E-state index contributed by atoms with van der Waals surface area (Å²) in [6, 6.07) is 22.1. The Kier molecular flexibility index (Phi) is 8.90. The van der Waals surface area contributed by atoms with Gasteiger partial charge in [0.25, 0.3) is 0 Å². The minimum Gasteiger partial charge on any atom is -0.491 e. The normalized spacial score (nSPS) is 18.4. The summed E-state index contributed by atoms with van der Waals surface area (Å²) in [4.78, 5) is 39.6. The average molecular weight is 562 g/mol. The van der Waals surface area contributed by atoms with Crippen molar-refractivity contribution in [3.63, 3.8) is 0 Å². The minimum absolute atomic E-state index is 0.177. The number of methoxy groups -OCH3 is 1. The highest BCUT2D eigenvalue weighted by Crippen LogP contribution is 2.38. The number of rotatable bonds is 11. The molecule has 1 aliphatic heterocycles. The van der Waals surface area contributed by atoms with Crippen molar-refractivity contribution in [1.29, 1.82) is 5.41 Å². The molecule has 0 bridgehead atoms. The van der Waals surface area contributed by atoms with Gasteiger partial charge >= 0.3 is 5.97 Å². The molecule has 208 valence electrons. The number of benzene rings is 3. The first-order chi connectivity index (χ1) is 19.1. The molecule has 0 spiro atoms. The molecular formula is C31H32ClN3O5. The number of carbonyl (C=O) groups excluding carboxylic acids is 3. The van der Waals surface area contributed by atoms with Crippen LogP contribution in [0.5, 0.6) is 5.75 Å². The number of ether oxygens (including phenoxy) is 2. The van der Waals surface area contributed by atoms with E-state index in [0.29, 0.717) is 18.7 Å². The van der Waals surface area contributed by atoms with Gasteiger partial charge in [0, 0.05) is 12.1 Å². The highest BCUT2D eigenvalue weighted by Gasteiger charge is 2.54. The van der Waals surface area contributed by atoms with Gasteiger partial charge in [0.1, 0.15) is 17.8 Å². The number of amides is 1. The molecule has 1 saturated heterocycles. The van der Waals surface area contributed by atoms with Crippen LogP contribution in [-0.4, -0.2) is 54.7 Å². The number of nitrogens with zero attached hydrogens (tertiary/aromatic N) is 1. The number of nitrogens with one attached hydrogen (secondary N) is 1. The Hall–Kier alpha value is -4.17. The summed E-state index contributed by atoms with van der Waals surface area (Å²) in [5.41, 5.74) is 7.07. The number of carbonyl (C=O) groups is 3. The third-order valence-electron chi connectivity index (χ3n) is 7.25.